The zero-order valence-electron chi connectivity index (χ0n) is 16.9. The molecular weight excluding hydrogens is 397 g/mol. The highest BCUT2D eigenvalue weighted by atomic mass is 19.1. The van der Waals surface area contributed by atoms with Crippen LogP contribution in [0, 0.1) is 11.7 Å². The van der Waals surface area contributed by atoms with E-state index in [9.17, 15) is 14.0 Å². The summed E-state index contributed by atoms with van der Waals surface area (Å²) < 4.78 is 18.9. The Morgan fingerprint density at radius 1 is 1.13 bits per heavy atom. The van der Waals surface area contributed by atoms with Gasteiger partial charge in [-0.1, -0.05) is 18.2 Å². The van der Waals surface area contributed by atoms with Crippen molar-refractivity contribution in [2.75, 3.05) is 13.1 Å². The third kappa shape index (κ3) is 4.03. The lowest BCUT2D eigenvalue weighted by atomic mass is 10.1. The number of hydrogen-bond donors (Lipinski definition) is 2. The molecule has 3 aromatic rings. The van der Waals surface area contributed by atoms with Crippen LogP contribution in [-0.2, 0) is 11.2 Å². The van der Waals surface area contributed by atoms with Crippen LogP contribution in [0.25, 0.3) is 16.7 Å². The average molecular weight is 419 g/mol. The van der Waals surface area contributed by atoms with Crippen molar-refractivity contribution in [2.24, 2.45) is 5.92 Å². The number of halogens is 1. The van der Waals surface area contributed by atoms with Crippen molar-refractivity contribution in [2.45, 2.75) is 19.3 Å². The van der Waals surface area contributed by atoms with E-state index in [-0.39, 0.29) is 11.7 Å². The Morgan fingerprint density at radius 2 is 1.90 bits per heavy atom. The van der Waals surface area contributed by atoms with Gasteiger partial charge >= 0.3 is 6.09 Å². The number of para-hydroxylation sites is 1. The van der Waals surface area contributed by atoms with Gasteiger partial charge in [-0.3, -0.25) is 4.79 Å². The number of aromatic amines is 1. The van der Waals surface area contributed by atoms with Crippen LogP contribution in [0.2, 0.25) is 0 Å². The van der Waals surface area contributed by atoms with Crippen molar-refractivity contribution in [1.29, 1.82) is 0 Å². The molecule has 158 valence electrons. The van der Waals surface area contributed by atoms with E-state index in [1.54, 1.807) is 6.20 Å². The first kappa shape index (κ1) is 19.4. The first-order valence-corrected chi connectivity index (χ1v) is 10.4. The van der Waals surface area contributed by atoms with E-state index in [1.165, 1.54) is 29.2 Å². The molecule has 0 unspecified atom stereocenters. The molecule has 1 aliphatic carbocycles. The molecule has 6 nitrogen and oxygen atoms in total. The molecule has 2 heterocycles. The summed E-state index contributed by atoms with van der Waals surface area (Å²) in [6, 6.07) is 13.3. The summed E-state index contributed by atoms with van der Waals surface area (Å²) in [5.41, 5.74) is 2.99. The lowest BCUT2D eigenvalue weighted by Crippen LogP contribution is -2.29. The number of nitrogens with one attached hydrogen (secondary N) is 2. The van der Waals surface area contributed by atoms with Gasteiger partial charge in [-0.2, -0.15) is 0 Å². The highest BCUT2D eigenvalue weighted by Crippen LogP contribution is 2.32. The van der Waals surface area contributed by atoms with E-state index in [2.05, 4.69) is 10.3 Å². The van der Waals surface area contributed by atoms with Crippen LogP contribution >= 0.6 is 0 Å². The molecule has 0 spiro atoms. The smallest absolute Gasteiger partial charge is 0.407 e. The first-order chi connectivity index (χ1) is 15.1. The van der Waals surface area contributed by atoms with Crippen LogP contribution in [-0.4, -0.2) is 35.0 Å². The minimum Gasteiger partial charge on any atom is -0.407 e. The Bertz CT molecular complexity index is 1180. The van der Waals surface area contributed by atoms with Crippen molar-refractivity contribution in [3.63, 3.8) is 0 Å². The zero-order chi connectivity index (χ0) is 21.4. The largest absolute Gasteiger partial charge is 0.412 e. The number of hydrogen-bond acceptors (Lipinski definition) is 3. The van der Waals surface area contributed by atoms with E-state index in [0.29, 0.717) is 36.7 Å². The second kappa shape index (κ2) is 7.91. The van der Waals surface area contributed by atoms with Crippen molar-refractivity contribution < 1.29 is 18.7 Å². The molecule has 5 rings (SSSR count). The summed E-state index contributed by atoms with van der Waals surface area (Å²) in [6.07, 6.45) is 3.84. The molecule has 2 N–H and O–H groups in total. The number of carbonyl (C=O) groups is 2. The number of fused-ring (bicyclic) bond motifs is 3. The van der Waals surface area contributed by atoms with Crippen molar-refractivity contribution >= 4 is 28.7 Å². The number of H-pyrrole nitrogens is 1. The quantitative estimate of drug-likeness (QED) is 0.657. The van der Waals surface area contributed by atoms with E-state index < -0.39 is 11.9 Å². The molecule has 31 heavy (non-hydrogen) atoms. The minimum absolute atomic E-state index is 0.283. The standard InChI is InChI=1S/C24H22FN3O3/c25-17-9-7-16(8-10-17)23(29)28-12-11-19-18-3-1-2-4-20(18)27-22(19)21(14-28)31-24(30)26-13-15-5-6-15/h1-4,7-10,14-15,27H,5-6,11-13H2,(H,26,30). The van der Waals surface area contributed by atoms with Crippen LogP contribution in [0.1, 0.15) is 34.5 Å². The second-order valence-electron chi connectivity index (χ2n) is 7.99. The van der Waals surface area contributed by atoms with Crippen molar-refractivity contribution in [3.8, 4) is 0 Å². The van der Waals surface area contributed by atoms with Gasteiger partial charge in [0.25, 0.3) is 5.91 Å². The fourth-order valence-electron chi connectivity index (χ4n) is 3.85. The summed E-state index contributed by atoms with van der Waals surface area (Å²) in [5.74, 6) is 0.123. The highest BCUT2D eigenvalue weighted by Gasteiger charge is 2.27. The molecule has 0 bridgehead atoms. The molecule has 1 aliphatic heterocycles. The van der Waals surface area contributed by atoms with Gasteiger partial charge < -0.3 is 19.9 Å². The Kier molecular flexibility index (Phi) is 4.94. The number of rotatable bonds is 4. The zero-order valence-corrected chi connectivity index (χ0v) is 16.9. The van der Waals surface area contributed by atoms with E-state index in [1.807, 2.05) is 24.3 Å². The first-order valence-electron chi connectivity index (χ1n) is 10.4. The molecular formula is C24H22FN3O3. The molecule has 1 saturated carbocycles. The molecule has 0 radical (unpaired) electrons. The second-order valence-corrected chi connectivity index (χ2v) is 7.99. The highest BCUT2D eigenvalue weighted by molar-refractivity contribution is 5.97. The van der Waals surface area contributed by atoms with Crippen LogP contribution in [0.3, 0.4) is 0 Å². The maximum atomic E-state index is 13.3. The molecule has 0 saturated heterocycles. The Morgan fingerprint density at radius 3 is 2.68 bits per heavy atom. The predicted octanol–water partition coefficient (Wildman–Crippen LogP) is 4.44. The fourth-order valence-corrected chi connectivity index (χ4v) is 3.85. The molecule has 1 fully saturated rings. The van der Waals surface area contributed by atoms with E-state index >= 15 is 0 Å². The summed E-state index contributed by atoms with van der Waals surface area (Å²) in [6.45, 7) is 0.992. The lowest BCUT2D eigenvalue weighted by molar-refractivity contribution is 0.0822. The van der Waals surface area contributed by atoms with E-state index in [4.69, 9.17) is 4.74 Å². The van der Waals surface area contributed by atoms with Gasteiger partial charge in [-0.05, 0) is 61.1 Å². The third-order valence-electron chi connectivity index (χ3n) is 5.72. The van der Waals surface area contributed by atoms with Gasteiger partial charge in [0.1, 0.15) is 5.82 Å². The normalized spacial score (nSPS) is 15.8. The SMILES string of the molecule is O=C(NCC1CC1)OC1=CN(C(=O)c2ccc(F)cc2)CCc2c1[nH]c1ccccc21. The minimum atomic E-state index is -0.543. The summed E-state index contributed by atoms with van der Waals surface area (Å²) in [5, 5.41) is 3.83. The molecule has 2 aromatic carbocycles. The predicted molar refractivity (Wildman–Crippen MR) is 115 cm³/mol. The number of amides is 2. The Balaban J connectivity index is 1.48. The van der Waals surface area contributed by atoms with Gasteiger partial charge in [0.15, 0.2) is 5.76 Å². The maximum absolute atomic E-state index is 13.3. The molecule has 0 atom stereocenters. The summed E-state index contributed by atoms with van der Waals surface area (Å²) in [7, 11) is 0. The number of alkyl carbamates (subject to hydrolysis) is 1. The van der Waals surface area contributed by atoms with Gasteiger partial charge in [-0.25, -0.2) is 9.18 Å². The summed E-state index contributed by atoms with van der Waals surface area (Å²) in [4.78, 5) is 30.3. The van der Waals surface area contributed by atoms with Crippen LogP contribution < -0.4 is 5.32 Å². The lowest BCUT2D eigenvalue weighted by Gasteiger charge is -2.18. The topological polar surface area (TPSA) is 74.4 Å². The molecule has 1 aromatic heterocycles. The van der Waals surface area contributed by atoms with E-state index in [0.717, 1.165) is 29.3 Å². The van der Waals surface area contributed by atoms with Crippen LogP contribution in [0.4, 0.5) is 9.18 Å². The number of ether oxygens (including phenoxy) is 1. The monoisotopic (exact) mass is 419 g/mol. The van der Waals surface area contributed by atoms with Gasteiger partial charge in [-0.15, -0.1) is 0 Å². The van der Waals surface area contributed by atoms with Crippen LogP contribution in [0.5, 0.6) is 0 Å². The number of benzene rings is 2. The van der Waals surface area contributed by atoms with Gasteiger partial charge in [0, 0.05) is 29.6 Å². The maximum Gasteiger partial charge on any atom is 0.412 e. The Hall–Kier alpha value is -3.61. The summed E-state index contributed by atoms with van der Waals surface area (Å²) >= 11 is 0. The molecule has 2 amide bonds. The van der Waals surface area contributed by atoms with Gasteiger partial charge in [0.2, 0.25) is 0 Å². The molecule has 7 heteroatoms. The number of nitrogens with zero attached hydrogens (tertiary/aromatic N) is 1. The van der Waals surface area contributed by atoms with Crippen molar-refractivity contribution in [1.82, 2.24) is 15.2 Å². The van der Waals surface area contributed by atoms with Crippen molar-refractivity contribution in [3.05, 3.63) is 77.4 Å². The Labute approximate surface area is 178 Å². The third-order valence-corrected chi connectivity index (χ3v) is 5.72. The number of aromatic nitrogens is 1. The average Bonchev–Trinajstić information content (AvgIpc) is 3.56. The van der Waals surface area contributed by atoms with Crippen LogP contribution in [0.15, 0.2) is 54.7 Å². The number of carbonyl (C=O) groups excluding carboxylic acids is 2. The fraction of sp³-hybridized carbons (Fsp3) is 0.250. The molecule has 2 aliphatic rings. The van der Waals surface area contributed by atoms with Gasteiger partial charge in [0.05, 0.1) is 11.9 Å².